The van der Waals surface area contributed by atoms with E-state index in [9.17, 15) is 27.1 Å². The first-order valence-corrected chi connectivity index (χ1v) is 8.09. The minimum atomic E-state index is -5.59. The van der Waals surface area contributed by atoms with Gasteiger partial charge in [-0.25, -0.2) is 0 Å². The molecule has 0 fully saturated rings. The lowest BCUT2D eigenvalue weighted by atomic mass is 9.96. The molecule has 26 heavy (non-hydrogen) atoms. The number of aliphatic hydroxyl groups is 1. The lowest BCUT2D eigenvalue weighted by Crippen LogP contribution is -2.38. The molecule has 142 valence electrons. The Kier molecular flexibility index (Phi) is 6.26. The molecule has 0 spiro atoms. The van der Waals surface area contributed by atoms with Gasteiger partial charge in [-0.05, 0) is 35.2 Å². The van der Waals surface area contributed by atoms with Crippen LogP contribution < -0.4 is 5.73 Å². The van der Waals surface area contributed by atoms with Crippen molar-refractivity contribution in [3.8, 4) is 0 Å². The Balaban J connectivity index is 2.02. The molecule has 0 aliphatic carbocycles. The zero-order valence-electron chi connectivity index (χ0n) is 13.5. The van der Waals surface area contributed by atoms with E-state index in [4.69, 9.17) is 17.3 Å². The minimum Gasteiger partial charge on any atom is -0.387 e. The number of hydrogen-bond acceptors (Lipinski definition) is 2. The predicted molar refractivity (Wildman–Crippen MR) is 89.2 cm³/mol. The predicted octanol–water partition coefficient (Wildman–Crippen LogP) is 4.68. The zero-order chi connectivity index (χ0) is 19.5. The fourth-order valence-corrected chi connectivity index (χ4v) is 2.67. The van der Waals surface area contributed by atoms with E-state index in [1.807, 2.05) is 0 Å². The molecular formula is C18H17ClF5NO. The number of rotatable bonds is 6. The van der Waals surface area contributed by atoms with Crippen LogP contribution in [0.15, 0.2) is 48.5 Å². The van der Waals surface area contributed by atoms with Crippen LogP contribution >= 0.6 is 11.6 Å². The number of hydrogen-bond donors (Lipinski definition) is 2. The molecule has 2 atom stereocenters. The highest BCUT2D eigenvalue weighted by Gasteiger charge is 2.56. The van der Waals surface area contributed by atoms with Crippen molar-refractivity contribution >= 4 is 11.6 Å². The number of halogens is 6. The van der Waals surface area contributed by atoms with Gasteiger partial charge in [0.1, 0.15) is 0 Å². The number of aliphatic hydroxyl groups excluding tert-OH is 1. The molecule has 2 aromatic carbocycles. The van der Waals surface area contributed by atoms with Crippen molar-refractivity contribution in [1.82, 2.24) is 0 Å². The molecule has 2 unspecified atom stereocenters. The van der Waals surface area contributed by atoms with Gasteiger partial charge in [-0.2, -0.15) is 22.0 Å². The summed E-state index contributed by atoms with van der Waals surface area (Å²) < 4.78 is 62.9. The van der Waals surface area contributed by atoms with Gasteiger partial charge in [-0.15, -0.1) is 0 Å². The Morgan fingerprint density at radius 3 is 2.08 bits per heavy atom. The summed E-state index contributed by atoms with van der Waals surface area (Å²) in [5.74, 6) is -4.78. The van der Waals surface area contributed by atoms with Gasteiger partial charge >= 0.3 is 12.1 Å². The second-order valence-corrected chi connectivity index (χ2v) is 6.50. The summed E-state index contributed by atoms with van der Waals surface area (Å²) in [5, 5.41) is 10.7. The smallest absolute Gasteiger partial charge is 0.387 e. The summed E-state index contributed by atoms with van der Waals surface area (Å²) in [6.45, 7) is 0. The number of nitrogens with two attached hydrogens (primary N) is 1. The molecule has 0 bridgehead atoms. The van der Waals surface area contributed by atoms with Crippen LogP contribution in [0.4, 0.5) is 22.0 Å². The maximum absolute atomic E-state index is 13.1. The third kappa shape index (κ3) is 5.16. The molecule has 0 radical (unpaired) electrons. The highest BCUT2D eigenvalue weighted by atomic mass is 35.5. The first kappa shape index (κ1) is 20.6. The van der Waals surface area contributed by atoms with Gasteiger partial charge in [0.2, 0.25) is 0 Å². The first-order valence-electron chi connectivity index (χ1n) is 7.71. The molecule has 0 saturated heterocycles. The Bertz CT molecular complexity index is 733. The summed E-state index contributed by atoms with van der Waals surface area (Å²) >= 11 is 5.86. The number of alkyl halides is 5. The maximum Gasteiger partial charge on any atom is 0.453 e. The van der Waals surface area contributed by atoms with Gasteiger partial charge in [0.25, 0.3) is 0 Å². The van der Waals surface area contributed by atoms with E-state index >= 15 is 0 Å². The second kappa shape index (κ2) is 7.90. The van der Waals surface area contributed by atoms with Crippen LogP contribution in [-0.2, 0) is 12.8 Å². The first-order chi connectivity index (χ1) is 12.0. The lowest BCUT2D eigenvalue weighted by Gasteiger charge is -2.21. The molecule has 2 nitrogen and oxygen atoms in total. The van der Waals surface area contributed by atoms with E-state index in [0.29, 0.717) is 16.1 Å². The van der Waals surface area contributed by atoms with Crippen molar-refractivity contribution in [3.05, 3.63) is 70.2 Å². The van der Waals surface area contributed by atoms with Gasteiger partial charge in [-0.3, -0.25) is 0 Å². The van der Waals surface area contributed by atoms with E-state index < -0.39 is 30.7 Å². The highest BCUT2D eigenvalue weighted by Crippen LogP contribution is 2.38. The topological polar surface area (TPSA) is 46.2 Å². The van der Waals surface area contributed by atoms with Crippen LogP contribution in [0.5, 0.6) is 0 Å². The summed E-state index contributed by atoms with van der Waals surface area (Å²) in [6.07, 6.45) is -7.80. The molecular weight excluding hydrogens is 377 g/mol. The fourth-order valence-electron chi connectivity index (χ4n) is 2.47. The summed E-state index contributed by atoms with van der Waals surface area (Å²) in [7, 11) is 0. The summed E-state index contributed by atoms with van der Waals surface area (Å²) in [4.78, 5) is 0. The van der Waals surface area contributed by atoms with Crippen molar-refractivity contribution < 1.29 is 27.1 Å². The molecule has 0 amide bonds. The minimum absolute atomic E-state index is 0.139. The van der Waals surface area contributed by atoms with E-state index in [0.717, 1.165) is 0 Å². The standard InChI is InChI=1S/C18H17ClF5NO/c19-14-3-1-2-13(9-14)16(26)15(25)8-11-4-6-12(7-5-11)10-17(20,21)18(22,23)24/h1-7,9,15-16,26H,8,10,25H2. The molecule has 0 aliphatic heterocycles. The van der Waals surface area contributed by atoms with Gasteiger partial charge < -0.3 is 10.8 Å². The molecule has 0 aromatic heterocycles. The van der Waals surface area contributed by atoms with Crippen LogP contribution in [0.1, 0.15) is 22.8 Å². The Labute approximate surface area is 152 Å². The van der Waals surface area contributed by atoms with E-state index in [1.165, 1.54) is 24.3 Å². The average molecular weight is 394 g/mol. The number of benzene rings is 2. The fraction of sp³-hybridized carbons (Fsp3) is 0.333. The monoisotopic (exact) mass is 393 g/mol. The third-order valence-corrected chi connectivity index (χ3v) is 4.17. The van der Waals surface area contributed by atoms with Gasteiger partial charge in [-0.1, -0.05) is 48.0 Å². The molecule has 3 N–H and O–H groups in total. The summed E-state index contributed by atoms with van der Waals surface area (Å²) in [5.41, 5.74) is 6.97. The van der Waals surface area contributed by atoms with Crippen LogP contribution in [-0.4, -0.2) is 23.2 Å². The quantitative estimate of drug-likeness (QED) is 0.700. The van der Waals surface area contributed by atoms with Crippen molar-refractivity contribution in [2.24, 2.45) is 5.73 Å². The van der Waals surface area contributed by atoms with Gasteiger partial charge in [0.05, 0.1) is 6.10 Å². The van der Waals surface area contributed by atoms with E-state index in [-0.39, 0.29) is 12.0 Å². The molecule has 0 aliphatic rings. The van der Waals surface area contributed by atoms with Gasteiger partial charge in [0, 0.05) is 17.5 Å². The maximum atomic E-state index is 13.1. The van der Waals surface area contributed by atoms with Crippen molar-refractivity contribution in [3.63, 3.8) is 0 Å². The zero-order valence-corrected chi connectivity index (χ0v) is 14.2. The largest absolute Gasteiger partial charge is 0.453 e. The molecule has 8 heteroatoms. The van der Waals surface area contributed by atoms with Crippen LogP contribution in [0, 0.1) is 0 Å². The average Bonchev–Trinajstić information content (AvgIpc) is 2.54. The van der Waals surface area contributed by atoms with Crippen LogP contribution in [0.25, 0.3) is 0 Å². The molecule has 2 rings (SSSR count). The van der Waals surface area contributed by atoms with Gasteiger partial charge in [0.15, 0.2) is 0 Å². The normalized spacial score (nSPS) is 14.9. The Morgan fingerprint density at radius 2 is 1.54 bits per heavy atom. The van der Waals surface area contributed by atoms with Crippen molar-refractivity contribution in [1.29, 1.82) is 0 Å². The van der Waals surface area contributed by atoms with Crippen molar-refractivity contribution in [2.45, 2.75) is 37.1 Å². The lowest BCUT2D eigenvalue weighted by molar-refractivity contribution is -0.281. The van der Waals surface area contributed by atoms with Crippen LogP contribution in [0.2, 0.25) is 5.02 Å². The van der Waals surface area contributed by atoms with E-state index in [2.05, 4.69) is 0 Å². The Hall–Kier alpha value is -1.70. The Morgan fingerprint density at radius 1 is 0.962 bits per heavy atom. The van der Waals surface area contributed by atoms with E-state index in [1.54, 1.807) is 24.3 Å². The van der Waals surface area contributed by atoms with Crippen LogP contribution in [0.3, 0.4) is 0 Å². The summed E-state index contributed by atoms with van der Waals surface area (Å²) in [6, 6.07) is 11.1. The molecule has 0 heterocycles. The second-order valence-electron chi connectivity index (χ2n) is 6.06. The SMILES string of the molecule is NC(Cc1ccc(CC(F)(F)C(F)(F)F)cc1)C(O)c1cccc(Cl)c1. The molecule has 0 saturated carbocycles. The van der Waals surface area contributed by atoms with Crippen molar-refractivity contribution in [2.75, 3.05) is 0 Å². The molecule has 2 aromatic rings. The third-order valence-electron chi connectivity index (χ3n) is 3.93. The highest BCUT2D eigenvalue weighted by molar-refractivity contribution is 6.30.